The number of nitrogens with zero attached hydrogens (tertiary/aromatic N) is 1. The fourth-order valence-corrected chi connectivity index (χ4v) is 2.19. The van der Waals surface area contributed by atoms with Crippen molar-refractivity contribution in [3.8, 4) is 22.4 Å². The molecule has 4 nitrogen and oxygen atoms in total. The first kappa shape index (κ1) is 12.4. The van der Waals surface area contributed by atoms with Gasteiger partial charge in [0.15, 0.2) is 0 Å². The third-order valence-corrected chi connectivity index (χ3v) is 3.51. The molecule has 2 heterocycles. The van der Waals surface area contributed by atoms with Gasteiger partial charge >= 0.3 is 0 Å². The van der Waals surface area contributed by atoms with E-state index in [0.29, 0.717) is 5.56 Å². The van der Waals surface area contributed by atoms with Gasteiger partial charge in [0.05, 0.1) is 5.69 Å². The number of hydrogen-bond donors (Lipinski definition) is 2. The van der Waals surface area contributed by atoms with E-state index in [4.69, 9.17) is 0 Å². The summed E-state index contributed by atoms with van der Waals surface area (Å²) >= 11 is 0. The second-order valence-corrected chi connectivity index (χ2v) is 4.87. The summed E-state index contributed by atoms with van der Waals surface area (Å²) in [6.45, 7) is 3.90. The van der Waals surface area contributed by atoms with Gasteiger partial charge in [-0.25, -0.2) is 0 Å². The molecule has 2 aromatic heterocycles. The molecule has 1 aromatic carbocycles. The summed E-state index contributed by atoms with van der Waals surface area (Å²) < 4.78 is 0. The summed E-state index contributed by atoms with van der Waals surface area (Å²) in [7, 11) is 0. The van der Waals surface area contributed by atoms with E-state index in [2.05, 4.69) is 15.2 Å². The molecule has 0 spiro atoms. The van der Waals surface area contributed by atoms with Crippen molar-refractivity contribution in [2.75, 3.05) is 0 Å². The topological polar surface area (TPSA) is 61.5 Å². The molecular formula is C16H15N3O. The van der Waals surface area contributed by atoms with Gasteiger partial charge in [0, 0.05) is 17.5 Å². The molecule has 0 unspecified atom stereocenters. The number of benzene rings is 1. The molecule has 0 bridgehead atoms. The number of pyridine rings is 1. The minimum atomic E-state index is -0.0533. The quantitative estimate of drug-likeness (QED) is 0.748. The molecule has 3 aromatic rings. The fourth-order valence-electron chi connectivity index (χ4n) is 2.19. The predicted octanol–water partition coefficient (Wildman–Crippen LogP) is 3.05. The molecule has 0 amide bonds. The van der Waals surface area contributed by atoms with Crippen LogP contribution in [0.15, 0.2) is 47.4 Å². The molecule has 0 saturated heterocycles. The highest BCUT2D eigenvalue weighted by Crippen LogP contribution is 2.22. The lowest BCUT2D eigenvalue weighted by atomic mass is 10.0. The number of H-pyrrole nitrogens is 2. The minimum absolute atomic E-state index is 0.0533. The zero-order valence-electron chi connectivity index (χ0n) is 11.4. The second-order valence-electron chi connectivity index (χ2n) is 4.87. The Bertz CT molecular complexity index is 784. The molecule has 100 valence electrons. The molecule has 0 saturated carbocycles. The van der Waals surface area contributed by atoms with Crippen molar-refractivity contribution in [3.05, 3.63) is 64.2 Å². The highest BCUT2D eigenvalue weighted by Gasteiger charge is 2.06. The smallest absolute Gasteiger partial charge is 0.256 e. The van der Waals surface area contributed by atoms with Crippen LogP contribution < -0.4 is 5.56 Å². The molecule has 3 rings (SSSR count). The van der Waals surface area contributed by atoms with Crippen molar-refractivity contribution in [1.29, 1.82) is 0 Å². The summed E-state index contributed by atoms with van der Waals surface area (Å²) in [5, 5.41) is 6.86. The van der Waals surface area contributed by atoms with Crippen LogP contribution in [0.3, 0.4) is 0 Å². The van der Waals surface area contributed by atoms with E-state index in [1.165, 1.54) is 0 Å². The van der Waals surface area contributed by atoms with Gasteiger partial charge in [-0.05, 0) is 42.7 Å². The highest BCUT2D eigenvalue weighted by atomic mass is 16.1. The molecule has 4 heteroatoms. The van der Waals surface area contributed by atoms with Crippen LogP contribution in [-0.4, -0.2) is 15.2 Å². The van der Waals surface area contributed by atoms with Crippen LogP contribution >= 0.6 is 0 Å². The first-order valence-corrected chi connectivity index (χ1v) is 6.46. The summed E-state index contributed by atoms with van der Waals surface area (Å²) in [6, 6.07) is 11.7. The lowest BCUT2D eigenvalue weighted by Gasteiger charge is -2.06. The van der Waals surface area contributed by atoms with Crippen LogP contribution in [0.5, 0.6) is 0 Å². The predicted molar refractivity (Wildman–Crippen MR) is 79.6 cm³/mol. The Labute approximate surface area is 116 Å². The maximum absolute atomic E-state index is 12.0. The summed E-state index contributed by atoms with van der Waals surface area (Å²) in [4.78, 5) is 14.9. The zero-order valence-corrected chi connectivity index (χ0v) is 11.4. The van der Waals surface area contributed by atoms with Crippen molar-refractivity contribution >= 4 is 0 Å². The average molecular weight is 265 g/mol. The number of aromatic amines is 2. The lowest BCUT2D eigenvalue weighted by molar-refractivity contribution is 1.09. The summed E-state index contributed by atoms with van der Waals surface area (Å²) in [5.41, 5.74) is 5.56. The molecule has 20 heavy (non-hydrogen) atoms. The Morgan fingerprint density at radius 3 is 2.35 bits per heavy atom. The number of aromatic nitrogens is 3. The Morgan fingerprint density at radius 1 is 1.00 bits per heavy atom. The average Bonchev–Trinajstić information content (AvgIpc) is 2.97. The number of rotatable bonds is 2. The standard InChI is InChI=1S/C16H15N3O/c1-10-9-14(16(20)18-11(10)2)12-3-5-13(6-4-12)15-7-8-17-19-15/h3-9H,1-2H3,(H,17,19)(H,18,20). The molecule has 0 fully saturated rings. The maximum atomic E-state index is 12.0. The first-order chi connectivity index (χ1) is 9.65. The SMILES string of the molecule is Cc1cc(-c2ccc(-c3ccn[nH]3)cc2)c(=O)[nH]c1C. The van der Waals surface area contributed by atoms with Gasteiger partial charge < -0.3 is 4.98 Å². The van der Waals surface area contributed by atoms with Crippen molar-refractivity contribution in [2.24, 2.45) is 0 Å². The molecule has 0 atom stereocenters. The molecule has 0 aliphatic heterocycles. The zero-order chi connectivity index (χ0) is 14.1. The number of aryl methyl sites for hydroxylation is 2. The molecule has 0 radical (unpaired) electrons. The fraction of sp³-hybridized carbons (Fsp3) is 0.125. The van der Waals surface area contributed by atoms with Crippen LogP contribution in [0.25, 0.3) is 22.4 Å². The molecule has 0 aliphatic carbocycles. The molecular weight excluding hydrogens is 250 g/mol. The second kappa shape index (κ2) is 4.81. The van der Waals surface area contributed by atoms with Gasteiger partial charge in [0.2, 0.25) is 0 Å². The number of nitrogens with one attached hydrogen (secondary N) is 2. The lowest BCUT2D eigenvalue weighted by Crippen LogP contribution is -2.11. The van der Waals surface area contributed by atoms with Gasteiger partial charge in [-0.15, -0.1) is 0 Å². The Morgan fingerprint density at radius 2 is 1.70 bits per heavy atom. The van der Waals surface area contributed by atoms with Crippen molar-refractivity contribution in [1.82, 2.24) is 15.2 Å². The van der Waals surface area contributed by atoms with E-state index in [-0.39, 0.29) is 5.56 Å². The molecule has 0 aliphatic rings. The Hall–Kier alpha value is -2.62. The van der Waals surface area contributed by atoms with Crippen molar-refractivity contribution in [2.45, 2.75) is 13.8 Å². The summed E-state index contributed by atoms with van der Waals surface area (Å²) in [6.07, 6.45) is 1.72. The van der Waals surface area contributed by atoms with Gasteiger partial charge in [-0.1, -0.05) is 24.3 Å². The number of hydrogen-bond acceptors (Lipinski definition) is 2. The van der Waals surface area contributed by atoms with E-state index >= 15 is 0 Å². The van der Waals surface area contributed by atoms with Crippen LogP contribution in [0, 0.1) is 13.8 Å². The van der Waals surface area contributed by atoms with E-state index in [1.54, 1.807) is 6.20 Å². The van der Waals surface area contributed by atoms with Gasteiger partial charge in [0.1, 0.15) is 0 Å². The Kier molecular flexibility index (Phi) is 2.99. The normalized spacial score (nSPS) is 10.7. The largest absolute Gasteiger partial charge is 0.326 e. The van der Waals surface area contributed by atoms with Crippen molar-refractivity contribution in [3.63, 3.8) is 0 Å². The van der Waals surface area contributed by atoms with Crippen LogP contribution in [0.2, 0.25) is 0 Å². The minimum Gasteiger partial charge on any atom is -0.326 e. The van der Waals surface area contributed by atoms with Crippen LogP contribution in [-0.2, 0) is 0 Å². The highest BCUT2D eigenvalue weighted by molar-refractivity contribution is 5.68. The molecule has 2 N–H and O–H groups in total. The van der Waals surface area contributed by atoms with E-state index in [9.17, 15) is 4.79 Å². The van der Waals surface area contributed by atoms with E-state index < -0.39 is 0 Å². The first-order valence-electron chi connectivity index (χ1n) is 6.46. The summed E-state index contributed by atoms with van der Waals surface area (Å²) in [5.74, 6) is 0. The van der Waals surface area contributed by atoms with Gasteiger partial charge in [0.25, 0.3) is 5.56 Å². The Balaban J connectivity index is 2.04. The van der Waals surface area contributed by atoms with Gasteiger partial charge in [-0.2, -0.15) is 5.10 Å². The van der Waals surface area contributed by atoms with Crippen LogP contribution in [0.4, 0.5) is 0 Å². The maximum Gasteiger partial charge on any atom is 0.256 e. The van der Waals surface area contributed by atoms with Gasteiger partial charge in [-0.3, -0.25) is 9.89 Å². The third-order valence-electron chi connectivity index (χ3n) is 3.51. The van der Waals surface area contributed by atoms with E-state index in [1.807, 2.05) is 50.2 Å². The van der Waals surface area contributed by atoms with Crippen LogP contribution in [0.1, 0.15) is 11.3 Å². The third kappa shape index (κ3) is 2.16. The van der Waals surface area contributed by atoms with Crippen molar-refractivity contribution < 1.29 is 0 Å². The van der Waals surface area contributed by atoms with E-state index in [0.717, 1.165) is 28.1 Å². The monoisotopic (exact) mass is 265 g/mol.